The predicted octanol–water partition coefficient (Wildman–Crippen LogP) is 4.02. The molecular formula is C14H23BrN2S. The fourth-order valence-electron chi connectivity index (χ4n) is 3.02. The third-order valence-corrected chi connectivity index (χ3v) is 5.49. The maximum Gasteiger partial charge on any atom is 0.0702 e. The van der Waals surface area contributed by atoms with Crippen LogP contribution in [0.2, 0.25) is 0 Å². The number of rotatable bonds is 5. The highest BCUT2D eigenvalue weighted by atomic mass is 79.9. The van der Waals surface area contributed by atoms with E-state index in [2.05, 4.69) is 46.8 Å². The van der Waals surface area contributed by atoms with Gasteiger partial charge in [-0.2, -0.15) is 0 Å². The van der Waals surface area contributed by atoms with Crippen LogP contribution in [-0.2, 0) is 0 Å². The summed E-state index contributed by atoms with van der Waals surface area (Å²) in [5.74, 6) is 0.875. The summed E-state index contributed by atoms with van der Waals surface area (Å²) in [6.45, 7) is 6.83. The minimum atomic E-state index is 0.191. The average molecular weight is 331 g/mol. The third kappa shape index (κ3) is 3.35. The van der Waals surface area contributed by atoms with Gasteiger partial charge in [-0.05, 0) is 60.3 Å². The first-order chi connectivity index (χ1) is 8.61. The number of likely N-dealkylation sites (tertiary alicyclic amines) is 1. The second-order valence-electron chi connectivity index (χ2n) is 5.38. The van der Waals surface area contributed by atoms with Crippen LogP contribution in [0.1, 0.15) is 44.0 Å². The minimum absolute atomic E-state index is 0.191. The van der Waals surface area contributed by atoms with E-state index in [-0.39, 0.29) is 6.04 Å². The number of nitrogens with two attached hydrogens (primary N) is 1. The van der Waals surface area contributed by atoms with Gasteiger partial charge in [0, 0.05) is 17.5 Å². The van der Waals surface area contributed by atoms with Crippen LogP contribution in [0.15, 0.2) is 15.9 Å². The van der Waals surface area contributed by atoms with E-state index in [1.165, 1.54) is 41.0 Å². The van der Waals surface area contributed by atoms with Gasteiger partial charge >= 0.3 is 0 Å². The molecule has 1 aliphatic heterocycles. The summed E-state index contributed by atoms with van der Waals surface area (Å²) in [7, 11) is 0. The van der Waals surface area contributed by atoms with Gasteiger partial charge in [-0.25, -0.2) is 0 Å². The molecule has 0 bridgehead atoms. The molecule has 0 aliphatic carbocycles. The normalized spacial score (nSPS) is 24.3. The van der Waals surface area contributed by atoms with Gasteiger partial charge in [-0.1, -0.05) is 13.3 Å². The molecule has 2 nitrogen and oxygen atoms in total. The zero-order valence-electron chi connectivity index (χ0n) is 11.2. The molecule has 0 amide bonds. The summed E-state index contributed by atoms with van der Waals surface area (Å²) in [4.78, 5) is 3.98. The molecule has 102 valence electrons. The van der Waals surface area contributed by atoms with Crippen molar-refractivity contribution in [2.45, 2.75) is 45.2 Å². The SMILES string of the molecule is CCCC1CCN(C(c2ccc(Br)s2)C(C)N)C1. The van der Waals surface area contributed by atoms with E-state index in [4.69, 9.17) is 5.73 Å². The highest BCUT2D eigenvalue weighted by Crippen LogP contribution is 2.36. The minimum Gasteiger partial charge on any atom is -0.326 e. The van der Waals surface area contributed by atoms with Gasteiger partial charge in [-0.15, -0.1) is 11.3 Å². The fourth-order valence-corrected chi connectivity index (χ4v) is 4.69. The fraction of sp³-hybridized carbons (Fsp3) is 0.714. The summed E-state index contributed by atoms with van der Waals surface area (Å²) in [5.41, 5.74) is 6.23. The number of hydrogen-bond acceptors (Lipinski definition) is 3. The number of nitrogens with zero attached hydrogens (tertiary/aromatic N) is 1. The van der Waals surface area contributed by atoms with Crippen molar-refractivity contribution in [1.29, 1.82) is 0 Å². The highest BCUT2D eigenvalue weighted by molar-refractivity contribution is 9.11. The Morgan fingerprint density at radius 2 is 2.33 bits per heavy atom. The first-order valence-corrected chi connectivity index (χ1v) is 8.47. The van der Waals surface area contributed by atoms with Crippen molar-refractivity contribution in [3.63, 3.8) is 0 Å². The van der Waals surface area contributed by atoms with Gasteiger partial charge in [0.25, 0.3) is 0 Å². The molecule has 0 aromatic carbocycles. The topological polar surface area (TPSA) is 29.3 Å². The van der Waals surface area contributed by atoms with E-state index in [1.54, 1.807) is 0 Å². The molecule has 3 atom stereocenters. The van der Waals surface area contributed by atoms with Gasteiger partial charge in [0.2, 0.25) is 0 Å². The molecule has 1 aromatic heterocycles. The Labute approximate surface area is 123 Å². The smallest absolute Gasteiger partial charge is 0.0702 e. The lowest BCUT2D eigenvalue weighted by Gasteiger charge is -2.30. The van der Waals surface area contributed by atoms with Crippen LogP contribution in [0.4, 0.5) is 0 Å². The van der Waals surface area contributed by atoms with Gasteiger partial charge in [-0.3, -0.25) is 4.90 Å². The first-order valence-electron chi connectivity index (χ1n) is 6.86. The van der Waals surface area contributed by atoms with E-state index >= 15 is 0 Å². The Balaban J connectivity index is 2.07. The molecule has 1 saturated heterocycles. The highest BCUT2D eigenvalue weighted by Gasteiger charge is 2.31. The summed E-state index contributed by atoms with van der Waals surface area (Å²) >= 11 is 5.37. The van der Waals surface area contributed by atoms with Crippen molar-refractivity contribution < 1.29 is 0 Å². The number of halogens is 1. The molecule has 0 saturated carbocycles. The molecule has 1 aliphatic rings. The van der Waals surface area contributed by atoms with Crippen LogP contribution < -0.4 is 5.73 Å². The van der Waals surface area contributed by atoms with Crippen molar-refractivity contribution in [2.24, 2.45) is 11.7 Å². The molecule has 1 fully saturated rings. The Kier molecular flexibility index (Phi) is 5.24. The van der Waals surface area contributed by atoms with E-state index in [0.29, 0.717) is 6.04 Å². The van der Waals surface area contributed by atoms with Crippen LogP contribution in [0.3, 0.4) is 0 Å². The maximum atomic E-state index is 6.23. The van der Waals surface area contributed by atoms with Crippen LogP contribution in [0, 0.1) is 5.92 Å². The lowest BCUT2D eigenvalue weighted by atomic mass is 10.0. The first kappa shape index (κ1) is 14.5. The van der Waals surface area contributed by atoms with Crippen LogP contribution in [-0.4, -0.2) is 24.0 Å². The zero-order valence-corrected chi connectivity index (χ0v) is 13.6. The second kappa shape index (κ2) is 6.51. The van der Waals surface area contributed by atoms with Crippen molar-refractivity contribution in [3.8, 4) is 0 Å². The lowest BCUT2D eigenvalue weighted by molar-refractivity contribution is 0.213. The molecular weight excluding hydrogens is 308 g/mol. The Morgan fingerprint density at radius 1 is 1.56 bits per heavy atom. The third-order valence-electron chi connectivity index (χ3n) is 3.79. The Bertz CT molecular complexity index is 378. The van der Waals surface area contributed by atoms with Crippen molar-refractivity contribution in [1.82, 2.24) is 4.90 Å². The monoisotopic (exact) mass is 330 g/mol. The Morgan fingerprint density at radius 3 is 2.89 bits per heavy atom. The summed E-state index contributed by atoms with van der Waals surface area (Å²) < 4.78 is 1.20. The number of thiophene rings is 1. The Hall–Kier alpha value is 0.1000. The van der Waals surface area contributed by atoms with E-state index in [9.17, 15) is 0 Å². The molecule has 3 unspecified atom stereocenters. The zero-order chi connectivity index (χ0) is 13.1. The van der Waals surface area contributed by atoms with Crippen LogP contribution >= 0.6 is 27.3 Å². The lowest BCUT2D eigenvalue weighted by Crippen LogP contribution is -2.37. The second-order valence-corrected chi connectivity index (χ2v) is 7.88. The predicted molar refractivity (Wildman–Crippen MR) is 83.0 cm³/mol. The van der Waals surface area contributed by atoms with Gasteiger partial charge in [0.1, 0.15) is 0 Å². The van der Waals surface area contributed by atoms with Crippen molar-refractivity contribution in [3.05, 3.63) is 20.8 Å². The molecule has 2 rings (SSSR count). The molecule has 18 heavy (non-hydrogen) atoms. The maximum absolute atomic E-state index is 6.23. The van der Waals surface area contributed by atoms with Crippen LogP contribution in [0.5, 0.6) is 0 Å². The van der Waals surface area contributed by atoms with Crippen molar-refractivity contribution in [2.75, 3.05) is 13.1 Å². The van der Waals surface area contributed by atoms with Crippen molar-refractivity contribution >= 4 is 27.3 Å². The standard InChI is InChI=1S/C14H23BrN2S/c1-3-4-11-7-8-17(9-11)14(10(2)16)12-5-6-13(15)18-12/h5-6,10-11,14H,3-4,7-9,16H2,1-2H3. The van der Waals surface area contributed by atoms with E-state index in [0.717, 1.165) is 5.92 Å². The molecule has 4 heteroatoms. The quantitative estimate of drug-likeness (QED) is 0.883. The van der Waals surface area contributed by atoms with E-state index < -0.39 is 0 Å². The van der Waals surface area contributed by atoms with E-state index in [1.807, 2.05) is 11.3 Å². The molecule has 0 radical (unpaired) electrons. The van der Waals surface area contributed by atoms with Gasteiger partial charge < -0.3 is 5.73 Å². The number of hydrogen-bond donors (Lipinski definition) is 1. The average Bonchev–Trinajstić information content (AvgIpc) is 2.90. The summed E-state index contributed by atoms with van der Waals surface area (Å²) in [5, 5.41) is 0. The largest absolute Gasteiger partial charge is 0.326 e. The van der Waals surface area contributed by atoms with Gasteiger partial charge in [0.15, 0.2) is 0 Å². The molecule has 2 heterocycles. The molecule has 1 aromatic rings. The van der Waals surface area contributed by atoms with Crippen LogP contribution in [0.25, 0.3) is 0 Å². The summed E-state index contributed by atoms with van der Waals surface area (Å²) in [6, 6.07) is 4.93. The van der Waals surface area contributed by atoms with Gasteiger partial charge in [0.05, 0.1) is 9.83 Å². The molecule has 0 spiro atoms. The molecule has 2 N–H and O–H groups in total. The summed E-state index contributed by atoms with van der Waals surface area (Å²) in [6.07, 6.45) is 3.99.